The van der Waals surface area contributed by atoms with Gasteiger partial charge in [-0.1, -0.05) is 6.07 Å². The lowest BCUT2D eigenvalue weighted by Crippen LogP contribution is -2.70. The van der Waals surface area contributed by atoms with Crippen molar-refractivity contribution in [2.24, 2.45) is 5.73 Å². The molecule has 8 heteroatoms. The second-order valence-corrected chi connectivity index (χ2v) is 5.79. The van der Waals surface area contributed by atoms with Crippen molar-refractivity contribution >= 4 is 28.5 Å². The van der Waals surface area contributed by atoms with Crippen molar-refractivity contribution in [3.8, 4) is 0 Å². The van der Waals surface area contributed by atoms with Crippen LogP contribution >= 0.6 is 11.8 Å². The fraction of sp³-hybridized carbons (Fsp3) is 0.385. The van der Waals surface area contributed by atoms with Crippen LogP contribution in [0.1, 0.15) is 12.0 Å². The van der Waals surface area contributed by atoms with Crippen LogP contribution in [0.3, 0.4) is 0 Å². The predicted octanol–water partition coefficient (Wildman–Crippen LogP) is 0.569. The van der Waals surface area contributed by atoms with Crippen molar-refractivity contribution in [3.05, 3.63) is 29.8 Å². The Morgan fingerprint density at radius 2 is 2.19 bits per heavy atom. The monoisotopic (exact) mass is 318 g/mol. The topological polar surface area (TPSA) is 60.3 Å². The molecule has 0 spiro atoms. The molecule has 0 aliphatic carbocycles. The van der Waals surface area contributed by atoms with Gasteiger partial charge in [0.1, 0.15) is 0 Å². The summed E-state index contributed by atoms with van der Waals surface area (Å²) in [6.45, 7) is 0.384. The number of benzene rings is 1. The second-order valence-electron chi connectivity index (χ2n) is 4.55. The smallest absolute Gasteiger partial charge is 0.311 e. The minimum Gasteiger partial charge on any atom is -0.311 e. The minimum absolute atomic E-state index is 0.225. The number of nitrogens with zero attached hydrogens (tertiary/aromatic N) is 1. The molecule has 2 rings (SSSR count). The maximum Gasteiger partial charge on any atom is 0.416 e. The fourth-order valence-corrected chi connectivity index (χ4v) is 2.96. The Morgan fingerprint density at radius 3 is 2.81 bits per heavy atom. The molecule has 1 aromatic rings. The second kappa shape index (κ2) is 5.97. The highest BCUT2D eigenvalue weighted by Gasteiger charge is 2.36. The molecule has 0 bridgehead atoms. The molecular weight excluding hydrogens is 303 g/mol. The predicted molar refractivity (Wildman–Crippen MR) is 75.9 cm³/mol. The number of hydrogen-bond donors (Lipinski definition) is 2. The molecule has 0 aromatic heterocycles. The third-order valence-corrected chi connectivity index (χ3v) is 4.34. The molecule has 114 valence electrons. The lowest BCUT2D eigenvalue weighted by molar-refractivity contribution is -0.417. The van der Waals surface area contributed by atoms with Crippen LogP contribution in [0.2, 0.25) is 0 Å². The first-order valence-electron chi connectivity index (χ1n) is 6.28. The average Bonchev–Trinajstić information content (AvgIpc) is 2.79. The normalized spacial score (nSPS) is 20.2. The van der Waals surface area contributed by atoms with E-state index in [2.05, 4.69) is 4.99 Å². The van der Waals surface area contributed by atoms with Gasteiger partial charge in [-0.2, -0.15) is 13.2 Å². The van der Waals surface area contributed by atoms with Gasteiger partial charge in [0.15, 0.2) is 0 Å². The number of nitrogens with one attached hydrogen (secondary N) is 1. The van der Waals surface area contributed by atoms with Crippen molar-refractivity contribution < 1.29 is 23.0 Å². The Balaban J connectivity index is 2.19. The van der Waals surface area contributed by atoms with Gasteiger partial charge in [-0.15, -0.1) is 0 Å². The molecule has 21 heavy (non-hydrogen) atoms. The summed E-state index contributed by atoms with van der Waals surface area (Å²) in [7, 11) is 1.65. The molecule has 1 fully saturated rings. The van der Waals surface area contributed by atoms with Gasteiger partial charge >= 0.3 is 11.3 Å². The molecule has 1 aliphatic rings. The van der Waals surface area contributed by atoms with Gasteiger partial charge < -0.3 is 4.90 Å². The van der Waals surface area contributed by atoms with E-state index in [0.29, 0.717) is 18.1 Å². The third kappa shape index (κ3) is 3.49. The molecule has 3 N–H and O–H groups in total. The van der Waals surface area contributed by atoms with Crippen molar-refractivity contribution in [1.29, 1.82) is 0 Å². The van der Waals surface area contributed by atoms with E-state index in [4.69, 9.17) is 5.73 Å². The quantitative estimate of drug-likeness (QED) is 0.619. The van der Waals surface area contributed by atoms with Gasteiger partial charge in [0, 0.05) is 12.2 Å². The number of amidine groups is 1. The highest BCUT2D eigenvalue weighted by Crippen LogP contribution is 2.34. The maximum atomic E-state index is 12.7. The van der Waals surface area contributed by atoms with E-state index in [1.54, 1.807) is 7.05 Å². The Hall–Kier alpha value is -1.70. The number of anilines is 1. The maximum absolute atomic E-state index is 12.7. The fourth-order valence-electron chi connectivity index (χ4n) is 2.08. The van der Waals surface area contributed by atoms with Crippen LogP contribution in [0.5, 0.6) is 0 Å². The van der Waals surface area contributed by atoms with Gasteiger partial charge in [-0.3, -0.25) is 15.5 Å². The summed E-state index contributed by atoms with van der Waals surface area (Å²) in [6.07, 6.45) is -3.88. The molecule has 0 radical (unpaired) electrons. The van der Waals surface area contributed by atoms with E-state index >= 15 is 0 Å². The standard InChI is InChI=1S/C13H14F3N3OS/c1-18-12(17)21-10-5-6-19(11(10)20)9-4-2-3-8(7-9)13(14,15)16/h2-4,7,10H,5-6H2,1H3,(H2,17,18)/p+1. The Labute approximate surface area is 124 Å². The summed E-state index contributed by atoms with van der Waals surface area (Å²) < 4.78 is 38.1. The van der Waals surface area contributed by atoms with Crippen molar-refractivity contribution in [2.75, 3.05) is 18.5 Å². The van der Waals surface area contributed by atoms with Crippen molar-refractivity contribution in [1.82, 2.24) is 0 Å². The molecule has 1 saturated heterocycles. The average molecular weight is 318 g/mol. The van der Waals surface area contributed by atoms with E-state index in [-0.39, 0.29) is 16.8 Å². The number of thioether (sulfide) groups is 1. The summed E-state index contributed by atoms with van der Waals surface area (Å²) in [5.41, 5.74) is 5.14. The van der Waals surface area contributed by atoms with E-state index in [1.165, 1.54) is 28.8 Å². The van der Waals surface area contributed by atoms with Gasteiger partial charge in [-0.25, -0.2) is 0 Å². The Morgan fingerprint density at radius 1 is 1.48 bits per heavy atom. The Bertz CT molecular complexity index is 574. The number of hydrogen-bond acceptors (Lipinski definition) is 2. The van der Waals surface area contributed by atoms with Crippen LogP contribution in [0.25, 0.3) is 0 Å². The number of nitrogens with two attached hydrogens (primary N) is 1. The van der Waals surface area contributed by atoms with E-state index < -0.39 is 11.7 Å². The Kier molecular flexibility index (Phi) is 4.46. The number of alkyl halides is 3. The number of amides is 1. The number of carbonyl (C=O) groups is 1. The van der Waals surface area contributed by atoms with Crippen molar-refractivity contribution in [2.45, 2.75) is 17.8 Å². The van der Waals surface area contributed by atoms with E-state index in [0.717, 1.165) is 12.1 Å². The summed E-state index contributed by atoms with van der Waals surface area (Å²) in [5, 5.41) is 0.0474. The molecule has 4 nitrogen and oxygen atoms in total. The largest absolute Gasteiger partial charge is 0.416 e. The number of carbonyl (C=O) groups excluding carboxylic acids is 1. The first kappa shape index (κ1) is 15.7. The molecular formula is C13H15F3N3OS+. The highest BCUT2D eigenvalue weighted by molar-refractivity contribution is 8.14. The number of rotatable bonds is 2. The van der Waals surface area contributed by atoms with Gasteiger partial charge in [0.25, 0.3) is 0 Å². The van der Waals surface area contributed by atoms with Crippen LogP contribution in [-0.2, 0) is 11.0 Å². The van der Waals surface area contributed by atoms with Gasteiger partial charge in [0.05, 0.1) is 17.9 Å². The molecule has 1 heterocycles. The highest BCUT2D eigenvalue weighted by atomic mass is 32.2. The van der Waals surface area contributed by atoms with Gasteiger partial charge in [0.2, 0.25) is 5.91 Å². The van der Waals surface area contributed by atoms with Crippen LogP contribution < -0.4 is 15.6 Å². The molecule has 1 atom stereocenters. The number of halogens is 3. The van der Waals surface area contributed by atoms with E-state index in [1.807, 2.05) is 0 Å². The zero-order chi connectivity index (χ0) is 15.6. The zero-order valence-electron chi connectivity index (χ0n) is 11.3. The summed E-state index contributed by atoms with van der Waals surface area (Å²) in [6, 6.07) is 4.80. The van der Waals surface area contributed by atoms with Crippen molar-refractivity contribution in [3.63, 3.8) is 0 Å². The lowest BCUT2D eigenvalue weighted by Gasteiger charge is -2.18. The van der Waals surface area contributed by atoms with Gasteiger partial charge in [-0.05, 0) is 36.4 Å². The lowest BCUT2D eigenvalue weighted by atomic mass is 10.2. The van der Waals surface area contributed by atoms with Crippen LogP contribution in [0.4, 0.5) is 18.9 Å². The third-order valence-electron chi connectivity index (χ3n) is 3.16. The SMILES string of the molecule is C[NH+]=C(N)SC1CCN(c2cccc(C(F)(F)F)c2)C1=O. The molecule has 0 saturated carbocycles. The molecule has 1 unspecified atom stereocenters. The van der Waals surface area contributed by atoms with Crippen LogP contribution in [-0.4, -0.2) is 29.9 Å². The molecule has 1 aliphatic heterocycles. The summed E-state index contributed by atoms with van der Waals surface area (Å²) >= 11 is 1.19. The minimum atomic E-state index is -4.42. The molecule has 1 aromatic carbocycles. The van der Waals surface area contributed by atoms with Crippen LogP contribution in [0.15, 0.2) is 24.3 Å². The first-order valence-corrected chi connectivity index (χ1v) is 7.16. The molecule has 1 amide bonds. The first-order chi connectivity index (χ1) is 9.82. The summed E-state index contributed by atoms with van der Waals surface area (Å²) in [4.78, 5) is 16.4. The van der Waals surface area contributed by atoms with E-state index in [9.17, 15) is 18.0 Å². The zero-order valence-corrected chi connectivity index (χ0v) is 12.1. The van der Waals surface area contributed by atoms with Crippen LogP contribution in [0, 0.1) is 0 Å². The summed E-state index contributed by atoms with van der Waals surface area (Å²) in [5.74, 6) is -0.225.